The summed E-state index contributed by atoms with van der Waals surface area (Å²) in [6.07, 6.45) is 5.28. The van der Waals surface area contributed by atoms with E-state index in [4.69, 9.17) is 0 Å². The van der Waals surface area contributed by atoms with Crippen molar-refractivity contribution in [2.45, 2.75) is 13.1 Å². The van der Waals surface area contributed by atoms with Crippen LogP contribution in [0.25, 0.3) is 0 Å². The summed E-state index contributed by atoms with van der Waals surface area (Å²) in [5, 5.41) is 14.4. The van der Waals surface area contributed by atoms with Crippen molar-refractivity contribution in [1.82, 2.24) is 25.2 Å². The first-order valence-corrected chi connectivity index (χ1v) is 4.90. The number of hydrogen-bond acceptors (Lipinski definition) is 5. The quantitative estimate of drug-likeness (QED) is 0.751. The molecule has 0 unspecified atom stereocenters. The minimum atomic E-state index is 0.586. The lowest BCUT2D eigenvalue weighted by molar-refractivity contribution is 0.663. The molecule has 0 spiro atoms. The van der Waals surface area contributed by atoms with Crippen LogP contribution in [0.2, 0.25) is 0 Å². The lowest BCUT2D eigenvalue weighted by atomic mass is 10.3. The summed E-state index contributed by atoms with van der Waals surface area (Å²) in [7, 11) is 0. The Kier molecular flexibility index (Phi) is 3.22. The van der Waals surface area contributed by atoms with Crippen LogP contribution in [0.3, 0.4) is 0 Å². The zero-order chi connectivity index (χ0) is 11.2. The predicted molar refractivity (Wildman–Crippen MR) is 59.6 cm³/mol. The van der Waals surface area contributed by atoms with Crippen LogP contribution < -0.4 is 5.32 Å². The zero-order valence-corrected chi connectivity index (χ0v) is 8.74. The van der Waals surface area contributed by atoms with E-state index in [1.54, 1.807) is 23.2 Å². The normalized spacial score (nSPS) is 10.0. The summed E-state index contributed by atoms with van der Waals surface area (Å²) in [6, 6.07) is 3.88. The standard InChI is InChI=1S/C10H12N6/c1-2-6-16-10(13-14-15-16)12-8-9-4-3-5-11-7-9/h2-5,7H,1,6,8H2,(H,12,13,15). The number of hydrogen-bond donors (Lipinski definition) is 1. The molecule has 82 valence electrons. The van der Waals surface area contributed by atoms with Crippen molar-refractivity contribution in [3.8, 4) is 0 Å². The molecule has 0 saturated carbocycles. The minimum absolute atomic E-state index is 0.586. The fourth-order valence-corrected chi connectivity index (χ4v) is 1.26. The van der Waals surface area contributed by atoms with Crippen LogP contribution in [0.15, 0.2) is 37.2 Å². The van der Waals surface area contributed by atoms with Crippen LogP contribution in [-0.2, 0) is 13.1 Å². The maximum Gasteiger partial charge on any atom is 0.243 e. The minimum Gasteiger partial charge on any atom is -0.349 e. The van der Waals surface area contributed by atoms with Crippen molar-refractivity contribution in [2.75, 3.05) is 5.32 Å². The number of aromatic nitrogens is 5. The van der Waals surface area contributed by atoms with Gasteiger partial charge in [-0.25, -0.2) is 4.68 Å². The van der Waals surface area contributed by atoms with Gasteiger partial charge >= 0.3 is 0 Å². The second kappa shape index (κ2) is 5.01. The molecule has 1 N–H and O–H groups in total. The van der Waals surface area contributed by atoms with E-state index in [9.17, 15) is 0 Å². The Labute approximate surface area is 93.0 Å². The van der Waals surface area contributed by atoms with Crippen LogP contribution in [0.5, 0.6) is 0 Å². The molecule has 6 nitrogen and oxygen atoms in total. The average molecular weight is 216 g/mol. The lowest BCUT2D eigenvalue weighted by Gasteiger charge is -2.04. The molecule has 2 heterocycles. The highest BCUT2D eigenvalue weighted by Gasteiger charge is 2.03. The number of rotatable bonds is 5. The Bertz CT molecular complexity index is 449. The summed E-state index contributed by atoms with van der Waals surface area (Å²) >= 11 is 0. The van der Waals surface area contributed by atoms with Crippen molar-refractivity contribution in [1.29, 1.82) is 0 Å². The molecule has 6 heteroatoms. The molecule has 2 aromatic heterocycles. The highest BCUT2D eigenvalue weighted by molar-refractivity contribution is 5.24. The van der Waals surface area contributed by atoms with Crippen LogP contribution in [0, 0.1) is 0 Å². The van der Waals surface area contributed by atoms with Gasteiger partial charge in [-0.2, -0.15) is 0 Å². The largest absolute Gasteiger partial charge is 0.349 e. The maximum absolute atomic E-state index is 4.03. The average Bonchev–Trinajstić information content (AvgIpc) is 2.76. The van der Waals surface area contributed by atoms with E-state index < -0.39 is 0 Å². The van der Waals surface area contributed by atoms with Gasteiger partial charge in [0.05, 0.1) is 6.54 Å². The number of nitrogens with one attached hydrogen (secondary N) is 1. The fraction of sp³-hybridized carbons (Fsp3) is 0.200. The van der Waals surface area contributed by atoms with Gasteiger partial charge in [0.25, 0.3) is 0 Å². The Morgan fingerprint density at radius 3 is 3.19 bits per heavy atom. The number of anilines is 1. The van der Waals surface area contributed by atoms with Gasteiger partial charge < -0.3 is 5.32 Å². The van der Waals surface area contributed by atoms with Crippen molar-refractivity contribution in [2.24, 2.45) is 0 Å². The monoisotopic (exact) mass is 216 g/mol. The first-order valence-electron chi connectivity index (χ1n) is 4.90. The first-order chi connectivity index (χ1) is 7.90. The van der Waals surface area contributed by atoms with Crippen LogP contribution in [0.4, 0.5) is 5.95 Å². The molecule has 0 radical (unpaired) electrons. The molecule has 0 aliphatic carbocycles. The van der Waals surface area contributed by atoms with E-state index in [1.807, 2.05) is 12.1 Å². The van der Waals surface area contributed by atoms with Gasteiger partial charge in [-0.1, -0.05) is 17.2 Å². The van der Waals surface area contributed by atoms with E-state index >= 15 is 0 Å². The van der Waals surface area contributed by atoms with Gasteiger partial charge in [0.1, 0.15) is 0 Å². The number of allylic oxidation sites excluding steroid dienone is 1. The smallest absolute Gasteiger partial charge is 0.243 e. The zero-order valence-electron chi connectivity index (χ0n) is 8.74. The fourth-order valence-electron chi connectivity index (χ4n) is 1.26. The van der Waals surface area contributed by atoms with Crippen molar-refractivity contribution in [3.05, 3.63) is 42.7 Å². The van der Waals surface area contributed by atoms with Gasteiger partial charge in [-0.3, -0.25) is 4.98 Å². The van der Waals surface area contributed by atoms with Crippen LogP contribution in [0.1, 0.15) is 5.56 Å². The van der Waals surface area contributed by atoms with Gasteiger partial charge in [0.2, 0.25) is 5.95 Å². The van der Waals surface area contributed by atoms with Gasteiger partial charge in [0.15, 0.2) is 0 Å². The summed E-state index contributed by atoms with van der Waals surface area (Å²) in [5.41, 5.74) is 1.08. The molecule has 2 aromatic rings. The van der Waals surface area contributed by atoms with E-state index in [0.29, 0.717) is 19.0 Å². The topological polar surface area (TPSA) is 68.5 Å². The van der Waals surface area contributed by atoms with E-state index in [2.05, 4.69) is 32.4 Å². The third kappa shape index (κ3) is 2.41. The molecule has 0 fully saturated rings. The van der Waals surface area contributed by atoms with E-state index in [0.717, 1.165) is 5.56 Å². The third-order valence-electron chi connectivity index (χ3n) is 2.01. The van der Waals surface area contributed by atoms with Gasteiger partial charge in [-0.15, -0.1) is 6.58 Å². The Balaban J connectivity index is 1.99. The number of nitrogens with zero attached hydrogens (tertiary/aromatic N) is 5. The number of pyridine rings is 1. The highest BCUT2D eigenvalue weighted by atomic mass is 15.6. The third-order valence-corrected chi connectivity index (χ3v) is 2.01. The first kappa shape index (κ1) is 10.3. The molecular formula is C10H12N6. The molecule has 2 rings (SSSR count). The Morgan fingerprint density at radius 2 is 2.44 bits per heavy atom. The molecule has 0 aromatic carbocycles. The summed E-state index contributed by atoms with van der Waals surface area (Å²) in [4.78, 5) is 4.03. The lowest BCUT2D eigenvalue weighted by Crippen LogP contribution is -2.08. The summed E-state index contributed by atoms with van der Waals surface area (Å²) in [5.74, 6) is 0.628. The second-order valence-electron chi connectivity index (χ2n) is 3.19. The molecule has 0 bridgehead atoms. The van der Waals surface area contributed by atoms with Crippen molar-refractivity contribution < 1.29 is 0 Å². The molecule has 0 amide bonds. The SMILES string of the molecule is C=CCn1nnnc1NCc1cccnc1. The molecule has 0 aliphatic heterocycles. The van der Waals surface area contributed by atoms with Crippen LogP contribution >= 0.6 is 0 Å². The molecular weight excluding hydrogens is 204 g/mol. The maximum atomic E-state index is 4.03. The van der Waals surface area contributed by atoms with E-state index in [-0.39, 0.29) is 0 Å². The molecule has 0 atom stereocenters. The van der Waals surface area contributed by atoms with Crippen LogP contribution in [-0.4, -0.2) is 25.2 Å². The second-order valence-corrected chi connectivity index (χ2v) is 3.19. The molecule has 0 aliphatic rings. The molecule has 0 saturated heterocycles. The Morgan fingerprint density at radius 1 is 1.50 bits per heavy atom. The predicted octanol–water partition coefficient (Wildman–Crippen LogP) is 0.866. The highest BCUT2D eigenvalue weighted by Crippen LogP contribution is 2.03. The van der Waals surface area contributed by atoms with Gasteiger partial charge in [-0.05, 0) is 22.1 Å². The summed E-state index contributed by atoms with van der Waals surface area (Å²) in [6.45, 7) is 4.87. The van der Waals surface area contributed by atoms with Crippen molar-refractivity contribution in [3.63, 3.8) is 0 Å². The summed E-state index contributed by atoms with van der Waals surface area (Å²) < 4.78 is 1.64. The Hall–Kier alpha value is -2.24. The van der Waals surface area contributed by atoms with E-state index in [1.165, 1.54) is 0 Å². The van der Waals surface area contributed by atoms with Gasteiger partial charge in [0, 0.05) is 18.9 Å². The van der Waals surface area contributed by atoms with Crippen molar-refractivity contribution >= 4 is 5.95 Å². The molecule has 16 heavy (non-hydrogen) atoms. The number of tetrazole rings is 1.